The lowest BCUT2D eigenvalue weighted by Gasteiger charge is -2.13. The highest BCUT2D eigenvalue weighted by molar-refractivity contribution is 6.21. The Morgan fingerprint density at radius 2 is 1.45 bits per heavy atom. The standard InChI is InChI=1S/C24H18N2O5/c27-21(25-18-9-5-2-6-10-18)15-31-24(30)17-11-12-19-20(13-17)23(29)26(22(19)28)14-16-7-3-1-4-8-16/h1-13H,14-15H2,(H,25,27). The van der Waals surface area contributed by atoms with Gasteiger partial charge in [-0.3, -0.25) is 19.3 Å². The van der Waals surface area contributed by atoms with Gasteiger partial charge in [0.15, 0.2) is 6.61 Å². The fraction of sp³-hybridized carbons (Fsp3) is 0.0833. The number of imide groups is 1. The molecule has 0 spiro atoms. The molecule has 7 heteroatoms. The van der Waals surface area contributed by atoms with Crippen LogP contribution in [0.2, 0.25) is 0 Å². The minimum Gasteiger partial charge on any atom is -0.452 e. The maximum absolute atomic E-state index is 12.7. The average Bonchev–Trinajstić information content (AvgIpc) is 3.03. The van der Waals surface area contributed by atoms with Crippen LogP contribution in [0.1, 0.15) is 36.6 Å². The van der Waals surface area contributed by atoms with Gasteiger partial charge < -0.3 is 10.1 Å². The first-order valence-electron chi connectivity index (χ1n) is 9.59. The number of nitrogens with one attached hydrogen (secondary N) is 1. The number of fused-ring (bicyclic) bond motifs is 1. The van der Waals surface area contributed by atoms with E-state index < -0.39 is 30.3 Å². The van der Waals surface area contributed by atoms with Crippen LogP contribution < -0.4 is 5.32 Å². The number of hydrogen-bond donors (Lipinski definition) is 1. The molecule has 1 aliphatic heterocycles. The number of carbonyl (C=O) groups excluding carboxylic acids is 4. The van der Waals surface area contributed by atoms with Gasteiger partial charge in [-0.1, -0.05) is 48.5 Å². The molecule has 0 aromatic heterocycles. The predicted molar refractivity (Wildman–Crippen MR) is 112 cm³/mol. The van der Waals surface area contributed by atoms with Gasteiger partial charge in [0.25, 0.3) is 17.7 Å². The van der Waals surface area contributed by atoms with Crippen molar-refractivity contribution in [3.8, 4) is 0 Å². The molecule has 1 heterocycles. The van der Waals surface area contributed by atoms with Gasteiger partial charge in [0.1, 0.15) is 0 Å². The number of carbonyl (C=O) groups is 4. The van der Waals surface area contributed by atoms with Crippen LogP contribution in [0, 0.1) is 0 Å². The molecule has 0 fully saturated rings. The minimum atomic E-state index is -0.757. The molecule has 4 rings (SSSR count). The Morgan fingerprint density at radius 1 is 0.806 bits per heavy atom. The first-order chi connectivity index (χ1) is 15.0. The Bertz CT molecular complexity index is 1160. The van der Waals surface area contributed by atoms with Crippen molar-refractivity contribution in [3.63, 3.8) is 0 Å². The van der Waals surface area contributed by atoms with E-state index in [9.17, 15) is 19.2 Å². The first-order valence-corrected chi connectivity index (χ1v) is 9.59. The highest BCUT2D eigenvalue weighted by Crippen LogP contribution is 2.26. The molecule has 3 amide bonds. The molecule has 1 N–H and O–H groups in total. The summed E-state index contributed by atoms with van der Waals surface area (Å²) in [7, 11) is 0. The fourth-order valence-electron chi connectivity index (χ4n) is 3.26. The van der Waals surface area contributed by atoms with Gasteiger partial charge in [0, 0.05) is 5.69 Å². The lowest BCUT2D eigenvalue weighted by atomic mass is 10.1. The quantitative estimate of drug-likeness (QED) is 0.494. The zero-order valence-corrected chi connectivity index (χ0v) is 16.4. The maximum atomic E-state index is 12.7. The van der Waals surface area contributed by atoms with E-state index in [4.69, 9.17) is 4.74 Å². The summed E-state index contributed by atoms with van der Waals surface area (Å²) in [5.74, 6) is -2.12. The summed E-state index contributed by atoms with van der Waals surface area (Å²) >= 11 is 0. The second kappa shape index (κ2) is 8.62. The number of esters is 1. The lowest BCUT2D eigenvalue weighted by Crippen LogP contribution is -2.29. The second-order valence-electron chi connectivity index (χ2n) is 6.93. The van der Waals surface area contributed by atoms with Crippen LogP contribution in [0.4, 0.5) is 5.69 Å². The number of rotatable bonds is 6. The average molecular weight is 414 g/mol. The molecule has 154 valence electrons. The highest BCUT2D eigenvalue weighted by atomic mass is 16.5. The monoisotopic (exact) mass is 414 g/mol. The number of nitrogens with zero attached hydrogens (tertiary/aromatic N) is 1. The van der Waals surface area contributed by atoms with E-state index in [1.807, 2.05) is 36.4 Å². The zero-order chi connectivity index (χ0) is 21.8. The van der Waals surface area contributed by atoms with E-state index in [-0.39, 0.29) is 23.2 Å². The van der Waals surface area contributed by atoms with Crippen molar-refractivity contribution in [1.82, 2.24) is 4.90 Å². The predicted octanol–water partition coefficient (Wildman–Crippen LogP) is 3.28. The van der Waals surface area contributed by atoms with E-state index >= 15 is 0 Å². The van der Waals surface area contributed by atoms with Gasteiger partial charge in [0.05, 0.1) is 23.2 Å². The molecule has 0 atom stereocenters. The summed E-state index contributed by atoms with van der Waals surface area (Å²) in [5.41, 5.74) is 1.88. The molecule has 0 saturated heterocycles. The number of anilines is 1. The van der Waals surface area contributed by atoms with Gasteiger partial charge in [-0.15, -0.1) is 0 Å². The Balaban J connectivity index is 1.42. The summed E-state index contributed by atoms with van der Waals surface area (Å²) < 4.78 is 5.05. The Kier molecular flexibility index (Phi) is 5.57. The summed E-state index contributed by atoms with van der Waals surface area (Å²) in [4.78, 5) is 50.8. The Hall–Kier alpha value is -4.26. The fourth-order valence-corrected chi connectivity index (χ4v) is 3.26. The van der Waals surface area contributed by atoms with Gasteiger partial charge >= 0.3 is 5.97 Å². The molecule has 0 unspecified atom stereocenters. The molecule has 0 saturated carbocycles. The minimum absolute atomic E-state index is 0.0916. The second-order valence-corrected chi connectivity index (χ2v) is 6.93. The van der Waals surface area contributed by atoms with Crippen LogP contribution in [0.15, 0.2) is 78.9 Å². The topological polar surface area (TPSA) is 92.8 Å². The van der Waals surface area contributed by atoms with E-state index in [0.29, 0.717) is 5.69 Å². The van der Waals surface area contributed by atoms with Crippen LogP contribution in [-0.4, -0.2) is 35.2 Å². The number of hydrogen-bond acceptors (Lipinski definition) is 5. The Morgan fingerprint density at radius 3 is 2.16 bits per heavy atom. The summed E-state index contributed by atoms with van der Waals surface area (Å²) in [5, 5.41) is 2.61. The summed E-state index contributed by atoms with van der Waals surface area (Å²) in [6.07, 6.45) is 0. The molecule has 7 nitrogen and oxygen atoms in total. The van der Waals surface area contributed by atoms with Gasteiger partial charge in [-0.2, -0.15) is 0 Å². The maximum Gasteiger partial charge on any atom is 0.338 e. The van der Waals surface area contributed by atoms with Gasteiger partial charge in [-0.05, 0) is 35.9 Å². The molecule has 0 radical (unpaired) electrons. The largest absolute Gasteiger partial charge is 0.452 e. The molecule has 31 heavy (non-hydrogen) atoms. The molecule has 1 aliphatic rings. The molecular weight excluding hydrogens is 396 g/mol. The van der Waals surface area contributed by atoms with Gasteiger partial charge in [-0.25, -0.2) is 4.79 Å². The van der Waals surface area contributed by atoms with Crippen molar-refractivity contribution in [3.05, 3.63) is 101 Å². The van der Waals surface area contributed by atoms with Crippen LogP contribution in [-0.2, 0) is 16.1 Å². The first kappa shape index (κ1) is 20.0. The highest BCUT2D eigenvalue weighted by Gasteiger charge is 2.36. The van der Waals surface area contributed by atoms with Crippen molar-refractivity contribution in [1.29, 1.82) is 0 Å². The molecule has 3 aromatic rings. The van der Waals surface area contributed by atoms with Crippen molar-refractivity contribution < 1.29 is 23.9 Å². The Labute approximate surface area is 178 Å². The molecule has 0 bridgehead atoms. The smallest absolute Gasteiger partial charge is 0.338 e. The van der Waals surface area contributed by atoms with Crippen LogP contribution in [0.5, 0.6) is 0 Å². The molecular formula is C24H18N2O5. The third-order valence-electron chi connectivity index (χ3n) is 4.78. The number of ether oxygens (including phenoxy) is 1. The third kappa shape index (κ3) is 4.35. The van der Waals surface area contributed by atoms with Crippen LogP contribution in [0.25, 0.3) is 0 Å². The van der Waals surface area contributed by atoms with Crippen LogP contribution >= 0.6 is 0 Å². The van der Waals surface area contributed by atoms with E-state index in [0.717, 1.165) is 10.5 Å². The van der Waals surface area contributed by atoms with E-state index in [2.05, 4.69) is 5.32 Å². The van der Waals surface area contributed by atoms with Crippen molar-refractivity contribution in [2.75, 3.05) is 11.9 Å². The van der Waals surface area contributed by atoms with Crippen molar-refractivity contribution >= 4 is 29.4 Å². The van der Waals surface area contributed by atoms with Gasteiger partial charge in [0.2, 0.25) is 0 Å². The van der Waals surface area contributed by atoms with E-state index in [1.54, 1.807) is 24.3 Å². The van der Waals surface area contributed by atoms with E-state index in [1.165, 1.54) is 18.2 Å². The third-order valence-corrected chi connectivity index (χ3v) is 4.78. The van der Waals surface area contributed by atoms with Crippen LogP contribution in [0.3, 0.4) is 0 Å². The number of para-hydroxylation sites is 1. The summed E-state index contributed by atoms with van der Waals surface area (Å²) in [6, 6.07) is 22.1. The number of amides is 3. The zero-order valence-electron chi connectivity index (χ0n) is 16.4. The number of benzene rings is 3. The summed E-state index contributed by atoms with van der Waals surface area (Å²) in [6.45, 7) is -0.329. The van der Waals surface area contributed by atoms with Crippen molar-refractivity contribution in [2.45, 2.75) is 6.54 Å². The van der Waals surface area contributed by atoms with Crippen molar-refractivity contribution in [2.24, 2.45) is 0 Å². The molecule has 0 aliphatic carbocycles. The lowest BCUT2D eigenvalue weighted by molar-refractivity contribution is -0.119. The SMILES string of the molecule is O=C(COC(=O)c1ccc2c(c1)C(=O)N(Cc1ccccc1)C2=O)Nc1ccccc1. The molecule has 3 aromatic carbocycles. The normalized spacial score (nSPS) is 12.5.